The van der Waals surface area contributed by atoms with Crippen molar-refractivity contribution in [3.63, 3.8) is 0 Å². The molecule has 3 aromatic rings. The van der Waals surface area contributed by atoms with Gasteiger partial charge in [-0.2, -0.15) is 5.26 Å². The van der Waals surface area contributed by atoms with Crippen LogP contribution < -0.4 is 16.4 Å². The third-order valence-electron chi connectivity index (χ3n) is 5.38. The van der Waals surface area contributed by atoms with Crippen molar-refractivity contribution in [1.82, 2.24) is 9.97 Å². The predicted octanol–water partition coefficient (Wildman–Crippen LogP) is 4.11. The van der Waals surface area contributed by atoms with Gasteiger partial charge in [0.2, 0.25) is 5.91 Å². The molecular weight excluding hydrogens is 376 g/mol. The van der Waals surface area contributed by atoms with Crippen molar-refractivity contribution < 1.29 is 4.79 Å². The first-order valence-electron chi connectivity index (χ1n) is 9.98. The van der Waals surface area contributed by atoms with Crippen LogP contribution >= 0.6 is 0 Å². The molecule has 30 heavy (non-hydrogen) atoms. The summed E-state index contributed by atoms with van der Waals surface area (Å²) < 4.78 is 0. The van der Waals surface area contributed by atoms with Crippen LogP contribution in [0.5, 0.6) is 0 Å². The maximum Gasteiger partial charge on any atom is 0.230 e. The van der Waals surface area contributed by atoms with Crippen molar-refractivity contribution >= 4 is 33.9 Å². The van der Waals surface area contributed by atoms with Crippen LogP contribution in [-0.4, -0.2) is 21.9 Å². The lowest BCUT2D eigenvalue weighted by Gasteiger charge is -2.16. The van der Waals surface area contributed by atoms with Gasteiger partial charge < -0.3 is 16.4 Å². The number of pyridine rings is 2. The fourth-order valence-corrected chi connectivity index (χ4v) is 3.63. The highest BCUT2D eigenvalue weighted by Gasteiger charge is 2.43. The number of nitriles is 1. The second-order valence-electron chi connectivity index (χ2n) is 8.08. The van der Waals surface area contributed by atoms with Crippen LogP contribution in [0, 0.1) is 30.1 Å². The number of hydrogen-bond acceptors (Lipinski definition) is 6. The molecule has 0 radical (unpaired) electrons. The van der Waals surface area contributed by atoms with Gasteiger partial charge in [-0.1, -0.05) is 0 Å². The maximum atomic E-state index is 12.3. The molecule has 7 nitrogen and oxygen atoms in total. The van der Waals surface area contributed by atoms with Crippen LogP contribution in [0.25, 0.3) is 21.9 Å². The van der Waals surface area contributed by atoms with E-state index >= 15 is 0 Å². The molecule has 2 heterocycles. The number of nitrogen functional groups attached to an aromatic ring is 1. The van der Waals surface area contributed by atoms with E-state index in [9.17, 15) is 4.79 Å². The number of rotatable bonds is 5. The number of fused-ring (bicyclic) bond motifs is 1. The quantitative estimate of drug-likeness (QED) is 0.555. The molecule has 1 unspecified atom stereocenters. The number of carbonyl (C=O) groups excluding carboxylic acids is 1. The van der Waals surface area contributed by atoms with Gasteiger partial charge in [0.25, 0.3) is 0 Å². The van der Waals surface area contributed by atoms with Gasteiger partial charge in [-0.05, 0) is 61.9 Å². The topological polar surface area (TPSA) is 117 Å². The SMILES string of the molecule is Cc1c(NC(C)C)cncc1-c1cc(N)c2cnc(NC(=O)C3C[C@H]3C#N)cc2c1. The molecule has 4 N–H and O–H groups in total. The molecule has 4 rings (SSSR count). The number of benzene rings is 1. The molecule has 7 heteroatoms. The Bertz CT molecular complexity index is 1180. The zero-order valence-corrected chi connectivity index (χ0v) is 17.2. The molecule has 0 spiro atoms. The number of anilines is 3. The minimum Gasteiger partial charge on any atom is -0.398 e. The van der Waals surface area contributed by atoms with E-state index in [4.69, 9.17) is 11.0 Å². The third kappa shape index (κ3) is 3.77. The molecule has 152 valence electrons. The summed E-state index contributed by atoms with van der Waals surface area (Å²) in [5.74, 6) is -0.133. The Balaban J connectivity index is 1.69. The molecular formula is C23H24N6O. The highest BCUT2D eigenvalue weighted by atomic mass is 16.2. The summed E-state index contributed by atoms with van der Waals surface area (Å²) in [5.41, 5.74) is 10.9. The molecule has 0 bridgehead atoms. The Morgan fingerprint density at radius 2 is 2.07 bits per heavy atom. The zero-order chi connectivity index (χ0) is 21.4. The summed E-state index contributed by atoms with van der Waals surface area (Å²) in [4.78, 5) is 21.0. The number of hydrogen-bond donors (Lipinski definition) is 3. The maximum absolute atomic E-state index is 12.3. The number of nitrogens with one attached hydrogen (secondary N) is 2. The Morgan fingerprint density at radius 1 is 1.27 bits per heavy atom. The molecule has 0 aliphatic heterocycles. The number of nitrogens with zero attached hydrogens (tertiary/aromatic N) is 3. The van der Waals surface area contributed by atoms with Gasteiger partial charge in [-0.3, -0.25) is 9.78 Å². The van der Waals surface area contributed by atoms with Crippen LogP contribution in [-0.2, 0) is 4.79 Å². The van der Waals surface area contributed by atoms with E-state index < -0.39 is 0 Å². The van der Waals surface area contributed by atoms with Gasteiger partial charge in [-0.15, -0.1) is 0 Å². The second-order valence-corrected chi connectivity index (χ2v) is 8.08. The molecule has 1 fully saturated rings. The Morgan fingerprint density at radius 3 is 2.77 bits per heavy atom. The highest BCUT2D eigenvalue weighted by molar-refractivity contribution is 6.00. The van der Waals surface area contributed by atoms with Gasteiger partial charge in [0, 0.05) is 35.1 Å². The van der Waals surface area contributed by atoms with Crippen molar-refractivity contribution in [3.05, 3.63) is 42.4 Å². The van der Waals surface area contributed by atoms with Crippen molar-refractivity contribution in [2.45, 2.75) is 33.2 Å². The Hall–Kier alpha value is -3.66. The lowest BCUT2D eigenvalue weighted by atomic mass is 9.98. The molecule has 1 amide bonds. The summed E-state index contributed by atoms with van der Waals surface area (Å²) >= 11 is 0. The first-order valence-corrected chi connectivity index (χ1v) is 9.98. The van der Waals surface area contributed by atoms with E-state index in [1.807, 2.05) is 30.6 Å². The first kappa shape index (κ1) is 19.6. The minimum atomic E-state index is -0.242. The van der Waals surface area contributed by atoms with E-state index in [2.05, 4.69) is 47.4 Å². The van der Waals surface area contributed by atoms with Gasteiger partial charge in [0.15, 0.2) is 0 Å². The molecule has 1 aliphatic carbocycles. The summed E-state index contributed by atoms with van der Waals surface area (Å²) in [7, 11) is 0. The van der Waals surface area contributed by atoms with Gasteiger partial charge in [0.05, 0.1) is 29.8 Å². The minimum absolute atomic E-state index is 0.162. The van der Waals surface area contributed by atoms with E-state index in [1.165, 1.54) is 0 Å². The lowest BCUT2D eigenvalue weighted by molar-refractivity contribution is -0.117. The fourth-order valence-electron chi connectivity index (χ4n) is 3.63. The summed E-state index contributed by atoms with van der Waals surface area (Å²) in [6.45, 7) is 6.23. The zero-order valence-electron chi connectivity index (χ0n) is 17.2. The summed E-state index contributed by atoms with van der Waals surface area (Å²) in [6.07, 6.45) is 5.94. The van der Waals surface area contributed by atoms with Crippen molar-refractivity contribution in [3.8, 4) is 17.2 Å². The molecule has 2 atom stereocenters. The molecule has 1 aromatic carbocycles. The average molecular weight is 400 g/mol. The smallest absolute Gasteiger partial charge is 0.230 e. The molecule has 1 saturated carbocycles. The van der Waals surface area contributed by atoms with E-state index in [0.29, 0.717) is 24.0 Å². The third-order valence-corrected chi connectivity index (χ3v) is 5.38. The normalized spacial score (nSPS) is 17.6. The van der Waals surface area contributed by atoms with Crippen LogP contribution in [0.3, 0.4) is 0 Å². The van der Waals surface area contributed by atoms with Gasteiger partial charge in [0.1, 0.15) is 5.82 Å². The predicted molar refractivity (Wildman–Crippen MR) is 119 cm³/mol. The van der Waals surface area contributed by atoms with Crippen molar-refractivity contribution in [2.75, 3.05) is 16.4 Å². The van der Waals surface area contributed by atoms with Crippen LogP contribution in [0.1, 0.15) is 25.8 Å². The standard InChI is InChI=1S/C23H24N6O/c1-12(2)28-21-11-26-9-18(13(21)3)14-4-15-7-22(27-10-19(15)20(25)6-14)29-23(30)17-5-16(17)8-24/h4,6-7,9-12,16-17,28H,5,25H2,1-3H3,(H,27,29,30)/t16-,17?/m0/s1. The largest absolute Gasteiger partial charge is 0.398 e. The number of amides is 1. The molecule has 1 aliphatic rings. The van der Waals surface area contributed by atoms with Crippen molar-refractivity contribution in [2.24, 2.45) is 11.8 Å². The number of carbonyl (C=O) groups is 1. The Labute approximate surface area is 175 Å². The van der Waals surface area contributed by atoms with E-state index in [-0.39, 0.29) is 17.7 Å². The van der Waals surface area contributed by atoms with Crippen LogP contribution in [0.15, 0.2) is 36.8 Å². The summed E-state index contributed by atoms with van der Waals surface area (Å²) in [6, 6.07) is 8.20. The first-order chi connectivity index (χ1) is 14.4. The lowest BCUT2D eigenvalue weighted by Crippen LogP contribution is -2.15. The molecule has 0 saturated heterocycles. The monoisotopic (exact) mass is 400 g/mol. The van der Waals surface area contributed by atoms with Gasteiger partial charge in [-0.25, -0.2) is 4.98 Å². The summed E-state index contributed by atoms with van der Waals surface area (Å²) in [5, 5.41) is 16.9. The fraction of sp³-hybridized carbons (Fsp3) is 0.304. The van der Waals surface area contributed by atoms with E-state index in [1.54, 1.807) is 6.20 Å². The average Bonchev–Trinajstić information content (AvgIpc) is 3.49. The van der Waals surface area contributed by atoms with E-state index in [0.717, 1.165) is 33.2 Å². The van der Waals surface area contributed by atoms with Gasteiger partial charge >= 0.3 is 0 Å². The van der Waals surface area contributed by atoms with Crippen LogP contribution in [0.2, 0.25) is 0 Å². The second kappa shape index (κ2) is 7.64. The van der Waals surface area contributed by atoms with Crippen molar-refractivity contribution in [1.29, 1.82) is 5.26 Å². The highest BCUT2D eigenvalue weighted by Crippen LogP contribution is 2.39. The number of aromatic nitrogens is 2. The molecule has 2 aromatic heterocycles. The number of nitrogens with two attached hydrogens (primary N) is 1. The van der Waals surface area contributed by atoms with Crippen LogP contribution in [0.4, 0.5) is 17.2 Å². The Kier molecular flexibility index (Phi) is 5.00.